The van der Waals surface area contributed by atoms with Gasteiger partial charge in [-0.15, -0.1) is 0 Å². The first-order valence-electron chi connectivity index (χ1n) is 8.17. The summed E-state index contributed by atoms with van der Waals surface area (Å²) in [6.07, 6.45) is 0. The average Bonchev–Trinajstić information content (AvgIpc) is 2.69. The molecule has 0 fully saturated rings. The molecule has 0 aliphatic rings. The van der Waals surface area contributed by atoms with Crippen molar-refractivity contribution in [2.24, 2.45) is 0 Å². The van der Waals surface area contributed by atoms with Gasteiger partial charge in [0.1, 0.15) is 22.9 Å². The van der Waals surface area contributed by atoms with Gasteiger partial charge in [-0.1, -0.05) is 42.5 Å². The fourth-order valence-corrected chi connectivity index (χ4v) is 2.30. The summed E-state index contributed by atoms with van der Waals surface area (Å²) < 4.78 is 24.3. The molecule has 0 atom stereocenters. The van der Waals surface area contributed by atoms with Gasteiger partial charge in [0.05, 0.1) is 5.69 Å². The Balaban J connectivity index is 1.63. The highest BCUT2D eigenvalue weighted by molar-refractivity contribution is 5.96. The molecule has 0 unspecified atom stereocenters. The van der Waals surface area contributed by atoms with E-state index in [1.165, 1.54) is 24.3 Å². The quantitative estimate of drug-likeness (QED) is 0.657. The number of esters is 1. The van der Waals surface area contributed by atoms with Crippen LogP contribution in [-0.2, 0) is 9.53 Å². The van der Waals surface area contributed by atoms with Crippen molar-refractivity contribution in [1.82, 2.24) is 0 Å². The minimum atomic E-state index is -0.717. The van der Waals surface area contributed by atoms with E-state index in [1.54, 1.807) is 36.4 Å². The Labute approximate surface area is 155 Å². The fraction of sp³-hybridized carbons (Fsp3) is 0.0476. The van der Waals surface area contributed by atoms with E-state index in [-0.39, 0.29) is 11.3 Å². The minimum absolute atomic E-state index is 0.0198. The van der Waals surface area contributed by atoms with Gasteiger partial charge in [0, 0.05) is 0 Å². The van der Waals surface area contributed by atoms with Crippen molar-refractivity contribution in [3.63, 3.8) is 0 Å². The maximum atomic E-state index is 13.5. The van der Waals surface area contributed by atoms with Crippen LogP contribution in [0.4, 0.5) is 10.1 Å². The Bertz CT molecular complexity index is 944. The number of para-hydroxylation sites is 3. The predicted octanol–water partition coefficient (Wildman–Crippen LogP) is 4.41. The molecular weight excluding hydrogens is 349 g/mol. The van der Waals surface area contributed by atoms with Gasteiger partial charge < -0.3 is 14.8 Å². The van der Waals surface area contributed by atoms with Crippen molar-refractivity contribution in [2.75, 3.05) is 11.9 Å². The molecule has 0 bridgehead atoms. The SMILES string of the molecule is O=C(COC(=O)c1ccccc1Oc1ccccc1)Nc1ccccc1F. The van der Waals surface area contributed by atoms with Gasteiger partial charge >= 0.3 is 5.97 Å². The number of carbonyl (C=O) groups is 2. The van der Waals surface area contributed by atoms with Crippen molar-refractivity contribution in [3.8, 4) is 11.5 Å². The largest absolute Gasteiger partial charge is 0.456 e. The summed E-state index contributed by atoms with van der Waals surface area (Å²) in [7, 11) is 0. The van der Waals surface area contributed by atoms with Crippen LogP contribution in [0, 0.1) is 5.82 Å². The van der Waals surface area contributed by atoms with Gasteiger partial charge in [0.2, 0.25) is 0 Å². The molecule has 0 spiro atoms. The number of carbonyl (C=O) groups excluding carboxylic acids is 2. The van der Waals surface area contributed by atoms with Crippen LogP contribution in [0.5, 0.6) is 11.5 Å². The molecule has 1 N–H and O–H groups in total. The van der Waals surface area contributed by atoms with Crippen LogP contribution in [0.15, 0.2) is 78.9 Å². The van der Waals surface area contributed by atoms with E-state index in [1.807, 2.05) is 18.2 Å². The maximum absolute atomic E-state index is 13.5. The van der Waals surface area contributed by atoms with Gasteiger partial charge in [0.25, 0.3) is 5.91 Å². The van der Waals surface area contributed by atoms with E-state index in [2.05, 4.69) is 5.32 Å². The first kappa shape index (κ1) is 18.1. The summed E-state index contributed by atoms with van der Waals surface area (Å²) in [6, 6.07) is 21.3. The molecule has 3 aromatic rings. The van der Waals surface area contributed by atoms with Gasteiger partial charge in [-0.3, -0.25) is 4.79 Å². The molecule has 0 saturated carbocycles. The second kappa shape index (κ2) is 8.62. The van der Waals surface area contributed by atoms with Crippen LogP contribution >= 0.6 is 0 Å². The van der Waals surface area contributed by atoms with Crippen LogP contribution in [0.2, 0.25) is 0 Å². The summed E-state index contributed by atoms with van der Waals surface area (Å²) >= 11 is 0. The molecule has 0 heterocycles. The number of amides is 1. The topological polar surface area (TPSA) is 64.6 Å². The first-order chi connectivity index (χ1) is 13.1. The van der Waals surface area contributed by atoms with E-state index in [0.29, 0.717) is 11.5 Å². The second-order valence-corrected chi connectivity index (χ2v) is 5.52. The highest BCUT2D eigenvalue weighted by atomic mass is 19.1. The highest BCUT2D eigenvalue weighted by Gasteiger charge is 2.16. The molecule has 1 amide bonds. The third-order valence-electron chi connectivity index (χ3n) is 3.56. The molecule has 3 aromatic carbocycles. The van der Waals surface area contributed by atoms with Gasteiger partial charge in [-0.05, 0) is 36.4 Å². The third-order valence-corrected chi connectivity index (χ3v) is 3.56. The monoisotopic (exact) mass is 365 g/mol. The van der Waals surface area contributed by atoms with Gasteiger partial charge in [0.15, 0.2) is 6.61 Å². The van der Waals surface area contributed by atoms with Gasteiger partial charge in [-0.2, -0.15) is 0 Å². The molecule has 6 heteroatoms. The molecule has 0 aromatic heterocycles. The van der Waals surface area contributed by atoms with Crippen molar-refractivity contribution < 1.29 is 23.5 Å². The lowest BCUT2D eigenvalue weighted by Crippen LogP contribution is -2.21. The lowest BCUT2D eigenvalue weighted by molar-refractivity contribution is -0.119. The van der Waals surface area contributed by atoms with Crippen molar-refractivity contribution in [2.45, 2.75) is 0 Å². The summed E-state index contributed by atoms with van der Waals surface area (Å²) in [4.78, 5) is 24.2. The molecule has 0 radical (unpaired) electrons. The molecular formula is C21H16FNO4. The average molecular weight is 365 g/mol. The van der Waals surface area contributed by atoms with E-state index < -0.39 is 24.3 Å². The number of hydrogen-bond acceptors (Lipinski definition) is 4. The maximum Gasteiger partial charge on any atom is 0.342 e. The highest BCUT2D eigenvalue weighted by Crippen LogP contribution is 2.25. The Morgan fingerprint density at radius 3 is 2.30 bits per heavy atom. The molecule has 27 heavy (non-hydrogen) atoms. The van der Waals surface area contributed by atoms with Gasteiger partial charge in [-0.25, -0.2) is 9.18 Å². The Morgan fingerprint density at radius 2 is 1.52 bits per heavy atom. The standard InChI is InChI=1S/C21H16FNO4/c22-17-11-5-6-12-18(17)23-20(24)14-26-21(25)16-10-4-7-13-19(16)27-15-8-2-1-3-9-15/h1-13H,14H2,(H,23,24). The number of hydrogen-bond donors (Lipinski definition) is 1. The van der Waals surface area contributed by atoms with E-state index in [4.69, 9.17) is 9.47 Å². The lowest BCUT2D eigenvalue weighted by atomic mass is 10.2. The molecule has 5 nitrogen and oxygen atoms in total. The lowest BCUT2D eigenvalue weighted by Gasteiger charge is -2.11. The number of nitrogens with one attached hydrogen (secondary N) is 1. The summed E-state index contributed by atoms with van der Waals surface area (Å²) in [5.74, 6) is -1.06. The van der Waals surface area contributed by atoms with Crippen LogP contribution in [0.1, 0.15) is 10.4 Å². The third kappa shape index (κ3) is 4.92. The van der Waals surface area contributed by atoms with E-state index in [9.17, 15) is 14.0 Å². The van der Waals surface area contributed by atoms with E-state index >= 15 is 0 Å². The van der Waals surface area contributed by atoms with Crippen LogP contribution in [0.3, 0.4) is 0 Å². The Kier molecular flexibility index (Phi) is 5.79. The zero-order valence-corrected chi connectivity index (χ0v) is 14.2. The van der Waals surface area contributed by atoms with Crippen LogP contribution < -0.4 is 10.1 Å². The molecule has 0 saturated heterocycles. The number of rotatable bonds is 6. The van der Waals surface area contributed by atoms with E-state index in [0.717, 1.165) is 0 Å². The normalized spacial score (nSPS) is 10.1. The second-order valence-electron chi connectivity index (χ2n) is 5.52. The summed E-state index contributed by atoms with van der Waals surface area (Å²) in [5.41, 5.74) is 0.200. The molecule has 136 valence electrons. The zero-order valence-electron chi connectivity index (χ0n) is 14.2. The first-order valence-corrected chi connectivity index (χ1v) is 8.17. The molecule has 3 rings (SSSR count). The smallest absolute Gasteiger partial charge is 0.342 e. The number of halogens is 1. The Morgan fingerprint density at radius 1 is 0.852 bits per heavy atom. The van der Waals surface area contributed by atoms with Crippen LogP contribution in [0.25, 0.3) is 0 Å². The number of anilines is 1. The predicted molar refractivity (Wildman–Crippen MR) is 98.3 cm³/mol. The molecule has 0 aliphatic heterocycles. The van der Waals surface area contributed by atoms with Crippen molar-refractivity contribution in [1.29, 1.82) is 0 Å². The van der Waals surface area contributed by atoms with Crippen molar-refractivity contribution >= 4 is 17.6 Å². The summed E-state index contributed by atoms with van der Waals surface area (Å²) in [5, 5.41) is 2.35. The fourth-order valence-electron chi connectivity index (χ4n) is 2.30. The van der Waals surface area contributed by atoms with Crippen molar-refractivity contribution in [3.05, 3.63) is 90.2 Å². The minimum Gasteiger partial charge on any atom is -0.456 e. The molecule has 0 aliphatic carbocycles. The Hall–Kier alpha value is -3.67. The summed E-state index contributed by atoms with van der Waals surface area (Å²) in [6.45, 7) is -0.549. The zero-order chi connectivity index (χ0) is 19.1. The van der Waals surface area contributed by atoms with Crippen LogP contribution in [-0.4, -0.2) is 18.5 Å². The number of ether oxygens (including phenoxy) is 2. The number of benzene rings is 3.